The minimum atomic E-state index is -1.10. The summed E-state index contributed by atoms with van der Waals surface area (Å²) >= 11 is 7.74. The zero-order chi connectivity index (χ0) is 24.9. The van der Waals surface area contributed by atoms with Crippen LogP contribution in [-0.4, -0.2) is 45.9 Å². The molecule has 0 radical (unpaired) electrons. The van der Waals surface area contributed by atoms with Crippen LogP contribution in [0.5, 0.6) is 11.5 Å². The summed E-state index contributed by atoms with van der Waals surface area (Å²) in [5.74, 6) is 0.457. The van der Waals surface area contributed by atoms with E-state index in [4.69, 9.17) is 26.2 Å². The molecule has 2 aliphatic rings. The number of aromatic nitrogens is 2. The lowest BCUT2D eigenvalue weighted by Crippen LogP contribution is -2.38. The normalized spacial score (nSPS) is 17.3. The zero-order valence-electron chi connectivity index (χ0n) is 19.4. The van der Waals surface area contributed by atoms with Gasteiger partial charge in [-0.2, -0.15) is 5.10 Å². The van der Waals surface area contributed by atoms with E-state index >= 15 is 0 Å². The third-order valence-electron chi connectivity index (χ3n) is 5.84. The van der Waals surface area contributed by atoms with Gasteiger partial charge in [-0.25, -0.2) is 4.68 Å². The molecule has 0 aliphatic carbocycles. The minimum absolute atomic E-state index is 0.111. The van der Waals surface area contributed by atoms with E-state index in [0.717, 1.165) is 16.8 Å². The number of anilines is 1. The lowest BCUT2D eigenvalue weighted by molar-refractivity contribution is -0.136. The molecule has 2 aliphatic heterocycles. The summed E-state index contributed by atoms with van der Waals surface area (Å²) in [6.45, 7) is 5.83. The first kappa shape index (κ1) is 23.6. The number of halogens is 1. The molecule has 0 spiro atoms. The first-order chi connectivity index (χ1) is 16.6. The minimum Gasteiger partial charge on any atom is -0.480 e. The van der Waals surface area contributed by atoms with E-state index in [0.29, 0.717) is 28.0 Å². The molecular weight excluding hydrogens is 490 g/mol. The van der Waals surface area contributed by atoms with Gasteiger partial charge in [0.05, 0.1) is 22.4 Å². The highest BCUT2D eigenvalue weighted by atomic mass is 35.5. The predicted molar refractivity (Wildman–Crippen MR) is 134 cm³/mol. The molecule has 3 heterocycles. The van der Waals surface area contributed by atoms with E-state index in [2.05, 4.69) is 0 Å². The maximum absolute atomic E-state index is 13.3. The Bertz CT molecular complexity index is 1330. The number of nitrogens with zero attached hydrogens (tertiary/aromatic N) is 3. The monoisotopic (exact) mass is 513 g/mol. The second kappa shape index (κ2) is 8.80. The molecule has 182 valence electrons. The quantitative estimate of drug-likeness (QED) is 0.535. The van der Waals surface area contributed by atoms with Crippen LogP contribution >= 0.6 is 23.4 Å². The lowest BCUT2D eigenvalue weighted by Gasteiger charge is -2.24. The molecule has 0 fully saturated rings. The number of aliphatic carboxylic acids is 1. The average Bonchev–Trinajstić information content (AvgIpc) is 3.39. The van der Waals surface area contributed by atoms with Gasteiger partial charge in [-0.15, -0.1) is 11.8 Å². The molecule has 0 saturated heterocycles. The van der Waals surface area contributed by atoms with Crippen LogP contribution in [0.25, 0.3) is 5.69 Å². The fourth-order valence-electron chi connectivity index (χ4n) is 4.34. The van der Waals surface area contributed by atoms with Crippen molar-refractivity contribution >= 4 is 41.1 Å². The number of amides is 1. The van der Waals surface area contributed by atoms with Crippen LogP contribution in [0.1, 0.15) is 42.8 Å². The Balaban J connectivity index is 1.80. The van der Waals surface area contributed by atoms with E-state index in [9.17, 15) is 14.7 Å². The van der Waals surface area contributed by atoms with Crippen molar-refractivity contribution in [1.82, 2.24) is 9.78 Å². The molecule has 5 rings (SSSR count). The topological polar surface area (TPSA) is 93.9 Å². The lowest BCUT2D eigenvalue weighted by atomic mass is 9.87. The number of benzene rings is 2. The first-order valence-electron chi connectivity index (χ1n) is 11.1. The molecule has 1 N–H and O–H groups in total. The predicted octanol–water partition coefficient (Wildman–Crippen LogP) is 4.81. The van der Waals surface area contributed by atoms with E-state index in [1.54, 1.807) is 22.9 Å². The molecule has 1 atom stereocenters. The van der Waals surface area contributed by atoms with Crippen LogP contribution in [-0.2, 0) is 15.0 Å². The van der Waals surface area contributed by atoms with Crippen LogP contribution in [0.3, 0.4) is 0 Å². The van der Waals surface area contributed by atoms with Crippen molar-refractivity contribution in [2.45, 2.75) is 31.4 Å². The summed E-state index contributed by atoms with van der Waals surface area (Å²) in [5.41, 5.74) is 2.73. The Morgan fingerprint density at radius 3 is 2.69 bits per heavy atom. The van der Waals surface area contributed by atoms with E-state index in [1.807, 2.05) is 45.0 Å². The van der Waals surface area contributed by atoms with Crippen molar-refractivity contribution in [1.29, 1.82) is 0 Å². The van der Waals surface area contributed by atoms with Crippen LogP contribution < -0.4 is 14.4 Å². The fourth-order valence-corrected chi connectivity index (χ4v) is 5.71. The van der Waals surface area contributed by atoms with Gasteiger partial charge < -0.3 is 14.6 Å². The van der Waals surface area contributed by atoms with Gasteiger partial charge in [0.2, 0.25) is 12.7 Å². The number of hydrogen-bond donors (Lipinski definition) is 1. The third kappa shape index (κ3) is 4.34. The Morgan fingerprint density at radius 2 is 1.97 bits per heavy atom. The average molecular weight is 514 g/mol. The summed E-state index contributed by atoms with van der Waals surface area (Å²) < 4.78 is 12.7. The van der Waals surface area contributed by atoms with E-state index in [1.165, 1.54) is 16.7 Å². The van der Waals surface area contributed by atoms with E-state index < -0.39 is 17.9 Å². The molecule has 10 heteroatoms. The van der Waals surface area contributed by atoms with Gasteiger partial charge in [0.15, 0.2) is 11.5 Å². The van der Waals surface area contributed by atoms with Gasteiger partial charge in [-0.3, -0.25) is 14.5 Å². The van der Waals surface area contributed by atoms with E-state index in [-0.39, 0.29) is 23.7 Å². The Hall–Kier alpha value is -3.17. The molecule has 1 aromatic heterocycles. The highest BCUT2D eigenvalue weighted by Crippen LogP contribution is 2.49. The molecule has 0 saturated carbocycles. The second-order valence-electron chi connectivity index (χ2n) is 9.40. The van der Waals surface area contributed by atoms with Crippen molar-refractivity contribution in [3.8, 4) is 17.2 Å². The van der Waals surface area contributed by atoms with Gasteiger partial charge in [0.1, 0.15) is 12.4 Å². The molecule has 8 nitrogen and oxygen atoms in total. The summed E-state index contributed by atoms with van der Waals surface area (Å²) in [4.78, 5) is 26.5. The van der Waals surface area contributed by atoms with Gasteiger partial charge in [0.25, 0.3) is 0 Å². The molecule has 0 bridgehead atoms. The van der Waals surface area contributed by atoms with Crippen LogP contribution in [0.4, 0.5) is 5.82 Å². The molecule has 1 unspecified atom stereocenters. The molecule has 2 aromatic carbocycles. The number of carboxylic acids is 1. The summed E-state index contributed by atoms with van der Waals surface area (Å²) in [5, 5.41) is 14.9. The SMILES string of the molecule is CC(C)(C)c1nn(-c2cccc(Cl)c2)c2c1C(c1ccc3c(c1)OCO3)SCC(=O)N2CC(=O)O. The van der Waals surface area contributed by atoms with Crippen molar-refractivity contribution in [3.05, 3.63) is 64.3 Å². The van der Waals surface area contributed by atoms with Crippen LogP contribution in [0, 0.1) is 0 Å². The van der Waals surface area contributed by atoms with Gasteiger partial charge in [0, 0.05) is 16.0 Å². The number of carboxylic acid groups (broad SMARTS) is 1. The zero-order valence-corrected chi connectivity index (χ0v) is 21.0. The van der Waals surface area contributed by atoms with Crippen LogP contribution in [0.15, 0.2) is 42.5 Å². The standard InChI is InChI=1S/C25H24ClN3O5S/c1-25(2,3)23-21-22(14-7-8-17-18(9-14)34-13-33-17)35-12-19(30)28(11-20(31)32)24(21)29(27-23)16-6-4-5-15(26)10-16/h4-10,22H,11-13H2,1-3H3,(H,31,32). The number of rotatable bonds is 4. The molecule has 1 amide bonds. The van der Waals surface area contributed by atoms with Crippen molar-refractivity contribution in [2.24, 2.45) is 0 Å². The van der Waals surface area contributed by atoms with Crippen molar-refractivity contribution in [2.75, 3.05) is 24.0 Å². The number of ether oxygens (including phenoxy) is 2. The maximum atomic E-state index is 13.3. The summed E-state index contributed by atoms with van der Waals surface area (Å²) in [7, 11) is 0. The number of carbonyl (C=O) groups is 2. The largest absolute Gasteiger partial charge is 0.480 e. The smallest absolute Gasteiger partial charge is 0.323 e. The maximum Gasteiger partial charge on any atom is 0.323 e. The highest BCUT2D eigenvalue weighted by Gasteiger charge is 2.40. The molecular formula is C25H24ClN3O5S. The van der Waals surface area contributed by atoms with Crippen molar-refractivity contribution < 1.29 is 24.2 Å². The number of thioether (sulfide) groups is 1. The number of fused-ring (bicyclic) bond motifs is 2. The van der Waals surface area contributed by atoms with Gasteiger partial charge in [-0.1, -0.05) is 44.5 Å². The Morgan fingerprint density at radius 1 is 1.20 bits per heavy atom. The highest BCUT2D eigenvalue weighted by molar-refractivity contribution is 8.00. The van der Waals surface area contributed by atoms with Gasteiger partial charge in [-0.05, 0) is 35.9 Å². The molecule has 3 aromatic rings. The fraction of sp³-hybridized carbons (Fsp3) is 0.320. The van der Waals surface area contributed by atoms with Crippen LogP contribution in [0.2, 0.25) is 5.02 Å². The summed E-state index contributed by atoms with van der Waals surface area (Å²) in [6, 6.07) is 12.9. The first-order valence-corrected chi connectivity index (χ1v) is 12.5. The van der Waals surface area contributed by atoms with Crippen molar-refractivity contribution in [3.63, 3.8) is 0 Å². The third-order valence-corrected chi connectivity index (χ3v) is 7.33. The Kier molecular flexibility index (Phi) is 5.93. The number of hydrogen-bond acceptors (Lipinski definition) is 6. The number of carbonyl (C=O) groups excluding carboxylic acids is 1. The Labute approximate surface area is 211 Å². The van der Waals surface area contributed by atoms with Gasteiger partial charge >= 0.3 is 5.97 Å². The molecule has 35 heavy (non-hydrogen) atoms. The second-order valence-corrected chi connectivity index (χ2v) is 10.9. The summed E-state index contributed by atoms with van der Waals surface area (Å²) in [6.07, 6.45) is 0.